The minimum Gasteiger partial charge on any atom is -0.343 e. The SMILES string of the molecule is CCN(CC)C(=O)CCCSc1n[nH]c(-c2ccccc2Br)n1. The molecule has 0 fully saturated rings. The Labute approximate surface area is 149 Å². The zero-order valence-corrected chi connectivity index (χ0v) is 15.8. The topological polar surface area (TPSA) is 61.9 Å². The number of aromatic amines is 1. The van der Waals surface area contributed by atoms with E-state index in [1.807, 2.05) is 43.0 Å². The molecule has 5 nitrogen and oxygen atoms in total. The summed E-state index contributed by atoms with van der Waals surface area (Å²) in [5, 5.41) is 7.90. The Morgan fingerprint density at radius 2 is 2.04 bits per heavy atom. The van der Waals surface area contributed by atoms with Gasteiger partial charge in [0.25, 0.3) is 0 Å². The third-order valence-corrected chi connectivity index (χ3v) is 5.10. The maximum absolute atomic E-state index is 11.9. The summed E-state index contributed by atoms with van der Waals surface area (Å²) >= 11 is 5.08. The summed E-state index contributed by atoms with van der Waals surface area (Å²) < 4.78 is 0.984. The van der Waals surface area contributed by atoms with Crippen LogP contribution >= 0.6 is 27.7 Å². The van der Waals surface area contributed by atoms with E-state index in [-0.39, 0.29) is 5.91 Å². The third-order valence-electron chi connectivity index (χ3n) is 3.48. The van der Waals surface area contributed by atoms with E-state index in [4.69, 9.17) is 0 Å². The molecule has 124 valence electrons. The molecule has 0 aliphatic heterocycles. The molecule has 0 saturated carbocycles. The van der Waals surface area contributed by atoms with E-state index < -0.39 is 0 Å². The van der Waals surface area contributed by atoms with Crippen molar-refractivity contribution in [2.24, 2.45) is 0 Å². The number of aromatic nitrogens is 3. The van der Waals surface area contributed by atoms with Gasteiger partial charge >= 0.3 is 0 Å². The van der Waals surface area contributed by atoms with Crippen molar-refractivity contribution in [3.05, 3.63) is 28.7 Å². The van der Waals surface area contributed by atoms with Gasteiger partial charge in [0.15, 0.2) is 5.82 Å². The lowest BCUT2D eigenvalue weighted by atomic mass is 10.2. The average molecular weight is 397 g/mol. The molecule has 0 saturated heterocycles. The average Bonchev–Trinajstić information content (AvgIpc) is 3.02. The van der Waals surface area contributed by atoms with Gasteiger partial charge in [-0.2, -0.15) is 0 Å². The number of amides is 1. The largest absolute Gasteiger partial charge is 0.343 e. The van der Waals surface area contributed by atoms with Crippen LogP contribution < -0.4 is 0 Å². The molecule has 7 heteroatoms. The highest BCUT2D eigenvalue weighted by molar-refractivity contribution is 9.10. The number of H-pyrrole nitrogens is 1. The Hall–Kier alpha value is -1.34. The lowest BCUT2D eigenvalue weighted by molar-refractivity contribution is -0.130. The highest BCUT2D eigenvalue weighted by Crippen LogP contribution is 2.26. The first-order valence-corrected chi connectivity index (χ1v) is 9.51. The zero-order valence-electron chi connectivity index (χ0n) is 13.4. The molecule has 0 aliphatic carbocycles. The van der Waals surface area contributed by atoms with Crippen molar-refractivity contribution in [1.82, 2.24) is 20.1 Å². The molecule has 0 bridgehead atoms. The number of carbonyl (C=O) groups excluding carboxylic acids is 1. The van der Waals surface area contributed by atoms with Crippen LogP contribution in [0.1, 0.15) is 26.7 Å². The molecule has 2 aromatic rings. The number of hydrogen-bond donors (Lipinski definition) is 1. The van der Waals surface area contributed by atoms with E-state index >= 15 is 0 Å². The van der Waals surface area contributed by atoms with E-state index in [0.29, 0.717) is 11.6 Å². The van der Waals surface area contributed by atoms with Gasteiger partial charge in [-0.3, -0.25) is 9.89 Å². The second kappa shape index (κ2) is 9.08. The van der Waals surface area contributed by atoms with Gasteiger partial charge in [-0.15, -0.1) is 5.10 Å². The molecule has 2 rings (SSSR count). The van der Waals surface area contributed by atoms with E-state index in [1.54, 1.807) is 11.8 Å². The Bertz CT molecular complexity index is 643. The summed E-state index contributed by atoms with van der Waals surface area (Å²) in [7, 11) is 0. The van der Waals surface area contributed by atoms with Gasteiger partial charge in [-0.05, 0) is 26.3 Å². The fourth-order valence-corrected chi connectivity index (χ4v) is 3.42. The summed E-state index contributed by atoms with van der Waals surface area (Å²) in [6.07, 6.45) is 1.41. The second-order valence-corrected chi connectivity index (χ2v) is 6.88. The number of hydrogen-bond acceptors (Lipinski definition) is 4. The first-order chi connectivity index (χ1) is 11.2. The van der Waals surface area contributed by atoms with Crippen molar-refractivity contribution in [3.63, 3.8) is 0 Å². The molecule has 1 aromatic heterocycles. The second-order valence-electron chi connectivity index (χ2n) is 4.96. The molecule has 23 heavy (non-hydrogen) atoms. The molecule has 0 spiro atoms. The Morgan fingerprint density at radius 1 is 1.30 bits per heavy atom. The van der Waals surface area contributed by atoms with Crippen LogP contribution in [0, 0.1) is 0 Å². The van der Waals surface area contributed by atoms with Crippen molar-refractivity contribution >= 4 is 33.6 Å². The van der Waals surface area contributed by atoms with Gasteiger partial charge < -0.3 is 4.90 Å². The van der Waals surface area contributed by atoms with E-state index in [2.05, 4.69) is 31.1 Å². The minimum absolute atomic E-state index is 0.222. The lowest BCUT2D eigenvalue weighted by Crippen LogP contribution is -2.30. The molecule has 0 atom stereocenters. The zero-order chi connectivity index (χ0) is 16.7. The molecule has 1 N–H and O–H groups in total. The summed E-state index contributed by atoms with van der Waals surface area (Å²) in [5.41, 5.74) is 0.989. The number of nitrogens with zero attached hydrogens (tertiary/aromatic N) is 3. The molecule has 0 aliphatic rings. The normalized spacial score (nSPS) is 10.7. The molecule has 1 amide bonds. The van der Waals surface area contributed by atoms with Crippen molar-refractivity contribution in [3.8, 4) is 11.4 Å². The Kier molecular flexibility index (Phi) is 7.11. The number of carbonyl (C=O) groups is 1. The molecule has 0 radical (unpaired) electrons. The quantitative estimate of drug-likeness (QED) is 0.541. The smallest absolute Gasteiger partial charge is 0.222 e. The van der Waals surface area contributed by atoms with E-state index in [9.17, 15) is 4.79 Å². The van der Waals surface area contributed by atoms with Crippen LogP contribution in [0.5, 0.6) is 0 Å². The monoisotopic (exact) mass is 396 g/mol. The number of nitrogens with one attached hydrogen (secondary N) is 1. The Morgan fingerprint density at radius 3 is 2.74 bits per heavy atom. The van der Waals surface area contributed by atoms with Gasteiger partial charge in [0.1, 0.15) is 0 Å². The van der Waals surface area contributed by atoms with Crippen LogP contribution in [-0.4, -0.2) is 44.8 Å². The van der Waals surface area contributed by atoms with E-state index in [0.717, 1.165) is 41.1 Å². The van der Waals surface area contributed by atoms with Crippen LogP contribution in [-0.2, 0) is 4.79 Å². The number of thioether (sulfide) groups is 1. The predicted octanol–water partition coefficient (Wildman–Crippen LogP) is 3.97. The molecule has 0 unspecified atom stereocenters. The van der Waals surface area contributed by atoms with Crippen LogP contribution in [0.4, 0.5) is 0 Å². The van der Waals surface area contributed by atoms with Gasteiger partial charge in [0.05, 0.1) is 0 Å². The molecule has 1 aromatic carbocycles. The fourth-order valence-electron chi connectivity index (χ4n) is 2.21. The Balaban J connectivity index is 1.82. The highest BCUT2D eigenvalue weighted by Gasteiger charge is 2.11. The number of benzene rings is 1. The lowest BCUT2D eigenvalue weighted by Gasteiger charge is -2.18. The van der Waals surface area contributed by atoms with Crippen LogP contribution in [0.25, 0.3) is 11.4 Å². The summed E-state index contributed by atoms with van der Waals surface area (Å²) in [6.45, 7) is 5.57. The first kappa shape index (κ1) is 18.0. The van der Waals surface area contributed by atoms with Gasteiger partial charge in [-0.1, -0.05) is 45.9 Å². The van der Waals surface area contributed by atoms with Gasteiger partial charge in [0, 0.05) is 35.3 Å². The third kappa shape index (κ3) is 5.07. The minimum atomic E-state index is 0.222. The summed E-state index contributed by atoms with van der Waals surface area (Å²) in [4.78, 5) is 18.3. The maximum atomic E-state index is 11.9. The van der Waals surface area contributed by atoms with Crippen LogP contribution in [0.2, 0.25) is 0 Å². The maximum Gasteiger partial charge on any atom is 0.222 e. The van der Waals surface area contributed by atoms with Gasteiger partial charge in [0.2, 0.25) is 11.1 Å². The van der Waals surface area contributed by atoms with Crippen molar-refractivity contribution in [1.29, 1.82) is 0 Å². The fraction of sp³-hybridized carbons (Fsp3) is 0.438. The predicted molar refractivity (Wildman–Crippen MR) is 97.4 cm³/mol. The van der Waals surface area contributed by atoms with E-state index in [1.165, 1.54) is 0 Å². The van der Waals surface area contributed by atoms with Crippen LogP contribution in [0.3, 0.4) is 0 Å². The van der Waals surface area contributed by atoms with Gasteiger partial charge in [-0.25, -0.2) is 4.98 Å². The number of rotatable bonds is 8. The number of halogens is 1. The standard InChI is InChI=1S/C16H21BrN4OS/c1-3-21(4-2)14(22)10-7-11-23-16-18-15(19-20-16)12-8-5-6-9-13(12)17/h5-6,8-9H,3-4,7,10-11H2,1-2H3,(H,18,19,20). The highest BCUT2D eigenvalue weighted by atomic mass is 79.9. The summed E-state index contributed by atoms with van der Waals surface area (Å²) in [6, 6.07) is 7.89. The summed E-state index contributed by atoms with van der Waals surface area (Å²) in [5.74, 6) is 1.80. The first-order valence-electron chi connectivity index (χ1n) is 7.73. The molecular weight excluding hydrogens is 376 g/mol. The van der Waals surface area contributed by atoms with Crippen molar-refractivity contribution < 1.29 is 4.79 Å². The molecule has 1 heterocycles. The van der Waals surface area contributed by atoms with Crippen molar-refractivity contribution in [2.75, 3.05) is 18.8 Å². The molecular formula is C16H21BrN4OS. The van der Waals surface area contributed by atoms with Crippen molar-refractivity contribution in [2.45, 2.75) is 31.8 Å². The van der Waals surface area contributed by atoms with Crippen LogP contribution in [0.15, 0.2) is 33.9 Å².